The second-order valence-electron chi connectivity index (χ2n) is 6.06. The molecule has 0 saturated heterocycles. The van der Waals surface area contributed by atoms with Gasteiger partial charge in [0.1, 0.15) is 5.75 Å². The van der Waals surface area contributed by atoms with Crippen molar-refractivity contribution in [1.82, 2.24) is 15.6 Å². The minimum absolute atomic E-state index is 0. The fraction of sp³-hybridized carbons (Fsp3) is 0.474. The van der Waals surface area contributed by atoms with Crippen molar-refractivity contribution in [2.75, 3.05) is 20.2 Å². The highest BCUT2D eigenvalue weighted by Crippen LogP contribution is 2.19. The van der Waals surface area contributed by atoms with Crippen molar-refractivity contribution in [2.45, 2.75) is 39.7 Å². The fourth-order valence-corrected chi connectivity index (χ4v) is 3.16. The van der Waals surface area contributed by atoms with Crippen molar-refractivity contribution in [1.29, 1.82) is 0 Å². The number of aromatic nitrogens is 1. The van der Waals surface area contributed by atoms with Crippen LogP contribution in [0.15, 0.2) is 34.6 Å². The lowest BCUT2D eigenvalue weighted by Gasteiger charge is -2.11. The normalized spacial score (nSPS) is 11.2. The van der Waals surface area contributed by atoms with Gasteiger partial charge in [0, 0.05) is 30.8 Å². The number of hydrogen-bond donors (Lipinski definition) is 2. The molecule has 0 atom stereocenters. The Bertz CT molecular complexity index is 688. The molecule has 0 amide bonds. The van der Waals surface area contributed by atoms with Crippen molar-refractivity contribution in [3.05, 3.63) is 45.9 Å². The Morgan fingerprint density at radius 2 is 2.12 bits per heavy atom. The average molecular weight is 488 g/mol. The van der Waals surface area contributed by atoms with E-state index in [4.69, 9.17) is 4.74 Å². The molecule has 1 aromatic heterocycles. The molecule has 7 heteroatoms. The van der Waals surface area contributed by atoms with Gasteiger partial charge in [-0.3, -0.25) is 0 Å². The lowest BCUT2D eigenvalue weighted by molar-refractivity contribution is 0.414. The molecule has 0 unspecified atom stereocenters. The maximum Gasteiger partial charge on any atom is 0.191 e. The van der Waals surface area contributed by atoms with Gasteiger partial charge in [-0.15, -0.1) is 35.3 Å². The van der Waals surface area contributed by atoms with Crippen molar-refractivity contribution < 1.29 is 4.74 Å². The number of methoxy groups -OCH3 is 1. The predicted molar refractivity (Wildman–Crippen MR) is 121 cm³/mol. The second kappa shape index (κ2) is 12.1. The van der Waals surface area contributed by atoms with E-state index in [1.165, 1.54) is 5.01 Å². The number of halogens is 1. The first kappa shape index (κ1) is 22.7. The molecular weight excluding hydrogens is 459 g/mol. The van der Waals surface area contributed by atoms with Crippen LogP contribution in [0.2, 0.25) is 0 Å². The molecule has 2 N–H and O–H groups in total. The molecule has 0 aliphatic rings. The van der Waals surface area contributed by atoms with Crippen LogP contribution in [0, 0.1) is 0 Å². The minimum Gasteiger partial charge on any atom is -0.497 e. The smallest absolute Gasteiger partial charge is 0.191 e. The summed E-state index contributed by atoms with van der Waals surface area (Å²) in [6, 6.07) is 7.99. The van der Waals surface area contributed by atoms with Gasteiger partial charge in [0.15, 0.2) is 5.96 Å². The third-order valence-electron chi connectivity index (χ3n) is 3.64. The summed E-state index contributed by atoms with van der Waals surface area (Å²) in [4.78, 5) is 9.31. The molecule has 0 aliphatic carbocycles. The molecule has 144 valence electrons. The first-order valence-corrected chi connectivity index (χ1v) is 9.59. The third-order valence-corrected chi connectivity index (χ3v) is 4.83. The minimum atomic E-state index is 0. The molecule has 0 fully saturated rings. The van der Waals surface area contributed by atoms with Gasteiger partial charge in [0.25, 0.3) is 0 Å². The molecule has 2 rings (SSSR count). The number of benzene rings is 1. The number of rotatable bonds is 8. The monoisotopic (exact) mass is 488 g/mol. The second-order valence-corrected chi connectivity index (χ2v) is 6.94. The van der Waals surface area contributed by atoms with E-state index in [-0.39, 0.29) is 24.0 Å². The van der Waals surface area contributed by atoms with Crippen LogP contribution in [0.4, 0.5) is 0 Å². The van der Waals surface area contributed by atoms with Crippen molar-refractivity contribution in [3.8, 4) is 5.75 Å². The van der Waals surface area contributed by atoms with Gasteiger partial charge in [-0.1, -0.05) is 26.0 Å². The summed E-state index contributed by atoms with van der Waals surface area (Å²) in [5, 5.41) is 10.0. The molecule has 0 saturated carbocycles. The molecule has 5 nitrogen and oxygen atoms in total. The summed E-state index contributed by atoms with van der Waals surface area (Å²) in [6.45, 7) is 8.67. The van der Waals surface area contributed by atoms with E-state index in [1.807, 2.05) is 18.2 Å². The first-order valence-electron chi connectivity index (χ1n) is 8.71. The lowest BCUT2D eigenvalue weighted by atomic mass is 10.2. The molecule has 2 aromatic rings. The zero-order valence-electron chi connectivity index (χ0n) is 15.9. The molecule has 0 bridgehead atoms. The Labute approximate surface area is 177 Å². The Balaban J connectivity index is 0.00000338. The first-order chi connectivity index (χ1) is 12.1. The van der Waals surface area contributed by atoms with Crippen LogP contribution in [-0.2, 0) is 13.0 Å². The molecular formula is C19H29IN4OS. The molecule has 1 aromatic carbocycles. The summed E-state index contributed by atoms with van der Waals surface area (Å²) in [6.07, 6.45) is 0.896. The van der Waals surface area contributed by atoms with Crippen LogP contribution < -0.4 is 15.4 Å². The van der Waals surface area contributed by atoms with E-state index in [1.54, 1.807) is 18.4 Å². The summed E-state index contributed by atoms with van der Waals surface area (Å²) >= 11 is 1.74. The van der Waals surface area contributed by atoms with E-state index in [0.29, 0.717) is 12.5 Å². The highest BCUT2D eigenvalue weighted by molar-refractivity contribution is 14.0. The highest BCUT2D eigenvalue weighted by atomic mass is 127. The number of nitrogens with one attached hydrogen (secondary N) is 2. The van der Waals surface area contributed by atoms with Gasteiger partial charge in [0.05, 0.1) is 24.4 Å². The topological polar surface area (TPSA) is 58.5 Å². The van der Waals surface area contributed by atoms with Gasteiger partial charge in [0.2, 0.25) is 0 Å². The number of aliphatic imine (C=N–C) groups is 1. The highest BCUT2D eigenvalue weighted by Gasteiger charge is 2.06. The van der Waals surface area contributed by atoms with Gasteiger partial charge >= 0.3 is 0 Å². The maximum atomic E-state index is 5.26. The van der Waals surface area contributed by atoms with Crippen molar-refractivity contribution >= 4 is 41.3 Å². The van der Waals surface area contributed by atoms with Crippen LogP contribution >= 0.6 is 35.3 Å². The number of ether oxygens (including phenoxy) is 1. The summed E-state index contributed by atoms with van der Waals surface area (Å²) < 4.78 is 5.26. The molecule has 1 heterocycles. The van der Waals surface area contributed by atoms with Crippen LogP contribution in [0.5, 0.6) is 5.75 Å². The number of hydrogen-bond acceptors (Lipinski definition) is 4. The maximum absolute atomic E-state index is 5.26. The third kappa shape index (κ3) is 7.49. The quantitative estimate of drug-likeness (QED) is 0.333. The average Bonchev–Trinajstić information content (AvgIpc) is 3.09. The summed E-state index contributed by atoms with van der Waals surface area (Å²) in [5.41, 5.74) is 2.27. The molecule has 0 spiro atoms. The Morgan fingerprint density at radius 3 is 2.77 bits per heavy atom. The van der Waals surface area contributed by atoms with E-state index in [9.17, 15) is 0 Å². The van der Waals surface area contributed by atoms with Crippen LogP contribution in [0.1, 0.15) is 43.0 Å². The zero-order valence-corrected chi connectivity index (χ0v) is 19.1. The SMILES string of the molecule is CCNC(=NCc1cccc(OC)c1)NCCc1csc(C(C)C)n1.I. The van der Waals surface area contributed by atoms with E-state index in [0.717, 1.165) is 42.5 Å². The molecule has 0 radical (unpaired) electrons. The lowest BCUT2D eigenvalue weighted by Crippen LogP contribution is -2.38. The number of nitrogens with zero attached hydrogens (tertiary/aromatic N) is 2. The van der Waals surface area contributed by atoms with Crippen molar-refractivity contribution in [2.24, 2.45) is 4.99 Å². The number of guanidine groups is 1. The Hall–Kier alpha value is -1.35. The summed E-state index contributed by atoms with van der Waals surface area (Å²) in [5.74, 6) is 2.17. The van der Waals surface area contributed by atoms with Gasteiger partial charge in [-0.2, -0.15) is 0 Å². The predicted octanol–water partition coefficient (Wildman–Crippen LogP) is 4.19. The molecule has 0 aliphatic heterocycles. The largest absolute Gasteiger partial charge is 0.497 e. The van der Waals surface area contributed by atoms with E-state index < -0.39 is 0 Å². The van der Waals surface area contributed by atoms with Crippen molar-refractivity contribution in [3.63, 3.8) is 0 Å². The van der Waals surface area contributed by atoms with Gasteiger partial charge < -0.3 is 15.4 Å². The fourth-order valence-electron chi connectivity index (χ4n) is 2.29. The Morgan fingerprint density at radius 1 is 1.31 bits per heavy atom. The van der Waals surface area contributed by atoms with Crippen LogP contribution in [0.3, 0.4) is 0 Å². The van der Waals surface area contributed by atoms with Crippen LogP contribution in [-0.4, -0.2) is 31.1 Å². The van der Waals surface area contributed by atoms with Gasteiger partial charge in [-0.25, -0.2) is 9.98 Å². The number of thiazole rings is 1. The van der Waals surface area contributed by atoms with Crippen LogP contribution in [0.25, 0.3) is 0 Å². The zero-order chi connectivity index (χ0) is 18.1. The standard InChI is InChI=1S/C19H28N4OS.HI/c1-5-20-19(22-12-15-7-6-8-17(11-15)24-4)21-10-9-16-13-25-18(23-16)14(2)3;/h6-8,11,13-14H,5,9-10,12H2,1-4H3,(H2,20,21,22);1H. The van der Waals surface area contributed by atoms with E-state index in [2.05, 4.69) is 52.8 Å². The van der Waals surface area contributed by atoms with Gasteiger partial charge in [-0.05, 0) is 24.6 Å². The Kier molecular flexibility index (Phi) is 10.6. The molecule has 26 heavy (non-hydrogen) atoms. The summed E-state index contributed by atoms with van der Waals surface area (Å²) in [7, 11) is 1.68. The van der Waals surface area contributed by atoms with E-state index >= 15 is 0 Å².